The van der Waals surface area contributed by atoms with Crippen LogP contribution in [0, 0.1) is 5.41 Å². The van der Waals surface area contributed by atoms with Gasteiger partial charge in [0.15, 0.2) is 0 Å². The molecule has 0 aromatic heterocycles. The number of morpholine rings is 1. The summed E-state index contributed by atoms with van der Waals surface area (Å²) in [6, 6.07) is 0. The average molecular weight is 263 g/mol. The second-order valence-electron chi connectivity index (χ2n) is 5.01. The number of nitrogens with zero attached hydrogens (tertiary/aromatic N) is 1. The molecule has 0 aromatic rings. The van der Waals surface area contributed by atoms with Crippen molar-refractivity contribution >= 4 is 18.3 Å². The van der Waals surface area contributed by atoms with Crippen molar-refractivity contribution in [2.24, 2.45) is 11.1 Å². The van der Waals surface area contributed by atoms with Gasteiger partial charge in [0, 0.05) is 25.0 Å². The Morgan fingerprint density at radius 1 is 1.53 bits per heavy atom. The molecule has 0 radical (unpaired) electrons. The van der Waals surface area contributed by atoms with Gasteiger partial charge in [-0.25, -0.2) is 0 Å². The predicted molar refractivity (Wildman–Crippen MR) is 69.2 cm³/mol. The van der Waals surface area contributed by atoms with E-state index in [-0.39, 0.29) is 23.9 Å². The second-order valence-corrected chi connectivity index (χ2v) is 5.01. The highest BCUT2D eigenvalue weighted by Gasteiger charge is 2.50. The van der Waals surface area contributed by atoms with Gasteiger partial charge in [-0.15, -0.1) is 12.4 Å². The van der Waals surface area contributed by atoms with Crippen molar-refractivity contribution in [3.05, 3.63) is 0 Å². The third-order valence-corrected chi connectivity index (χ3v) is 3.72. The Bertz CT molecular complexity index is 269. The molecule has 17 heavy (non-hydrogen) atoms. The Kier molecular flexibility index (Phi) is 5.22. The van der Waals surface area contributed by atoms with E-state index in [1.807, 2.05) is 4.90 Å². The molecule has 1 unspecified atom stereocenters. The summed E-state index contributed by atoms with van der Waals surface area (Å²) in [6.45, 7) is 4.71. The maximum absolute atomic E-state index is 12.4. The molecular formula is C12H23ClN2O2. The third-order valence-electron chi connectivity index (χ3n) is 3.72. The lowest BCUT2D eigenvalue weighted by Crippen LogP contribution is -2.50. The molecule has 2 fully saturated rings. The number of carbonyl (C=O) groups is 1. The maximum atomic E-state index is 12.4. The Morgan fingerprint density at radius 3 is 2.76 bits per heavy atom. The molecule has 1 aliphatic carbocycles. The van der Waals surface area contributed by atoms with Gasteiger partial charge >= 0.3 is 0 Å². The molecule has 0 aromatic carbocycles. The first-order valence-electron chi connectivity index (χ1n) is 6.33. The number of rotatable bonds is 4. The van der Waals surface area contributed by atoms with E-state index in [0.717, 1.165) is 32.2 Å². The standard InChI is InChI=1S/C12H22N2O2.ClH/c1-2-3-12(4-5-12)11(15)14-6-7-16-10(8-13)9-14;/h10H,2-9,13H2,1H3;1H. The number of hydrogen-bond donors (Lipinski definition) is 1. The molecule has 1 aliphatic heterocycles. The molecule has 0 bridgehead atoms. The van der Waals surface area contributed by atoms with Crippen LogP contribution < -0.4 is 5.73 Å². The quantitative estimate of drug-likeness (QED) is 0.828. The van der Waals surface area contributed by atoms with Gasteiger partial charge in [0.1, 0.15) is 0 Å². The van der Waals surface area contributed by atoms with Crippen LogP contribution in [-0.4, -0.2) is 43.2 Å². The summed E-state index contributed by atoms with van der Waals surface area (Å²) >= 11 is 0. The zero-order valence-electron chi connectivity index (χ0n) is 10.5. The van der Waals surface area contributed by atoms with Gasteiger partial charge in [0.2, 0.25) is 5.91 Å². The molecule has 5 heteroatoms. The number of nitrogens with two attached hydrogens (primary N) is 1. The van der Waals surface area contributed by atoms with Crippen LogP contribution in [0.4, 0.5) is 0 Å². The Labute approximate surface area is 109 Å². The molecule has 0 spiro atoms. The highest BCUT2D eigenvalue weighted by Crippen LogP contribution is 2.51. The summed E-state index contributed by atoms with van der Waals surface area (Å²) in [7, 11) is 0. The lowest BCUT2D eigenvalue weighted by molar-refractivity contribution is -0.144. The lowest BCUT2D eigenvalue weighted by atomic mass is 9.98. The van der Waals surface area contributed by atoms with Crippen LogP contribution in [0.2, 0.25) is 0 Å². The summed E-state index contributed by atoms with van der Waals surface area (Å²) in [5.74, 6) is 0.344. The van der Waals surface area contributed by atoms with Crippen molar-refractivity contribution in [1.82, 2.24) is 4.90 Å². The normalized spacial score (nSPS) is 26.2. The average Bonchev–Trinajstić information content (AvgIpc) is 3.10. The van der Waals surface area contributed by atoms with Gasteiger partial charge < -0.3 is 15.4 Å². The van der Waals surface area contributed by atoms with Crippen LogP contribution in [0.15, 0.2) is 0 Å². The fraction of sp³-hybridized carbons (Fsp3) is 0.917. The monoisotopic (exact) mass is 262 g/mol. The van der Waals surface area contributed by atoms with E-state index < -0.39 is 0 Å². The summed E-state index contributed by atoms with van der Waals surface area (Å²) in [6.07, 6.45) is 4.32. The predicted octanol–water partition coefficient (Wildman–Crippen LogP) is 1.17. The molecule has 1 saturated carbocycles. The first-order chi connectivity index (χ1) is 7.72. The number of hydrogen-bond acceptors (Lipinski definition) is 3. The molecule has 2 rings (SSSR count). The molecule has 4 nitrogen and oxygen atoms in total. The maximum Gasteiger partial charge on any atom is 0.228 e. The molecule has 100 valence electrons. The zero-order valence-corrected chi connectivity index (χ0v) is 11.3. The molecule has 1 atom stereocenters. The lowest BCUT2D eigenvalue weighted by Gasteiger charge is -2.34. The van der Waals surface area contributed by atoms with Crippen LogP contribution in [-0.2, 0) is 9.53 Å². The van der Waals surface area contributed by atoms with E-state index >= 15 is 0 Å². The molecular weight excluding hydrogens is 240 g/mol. The van der Waals surface area contributed by atoms with E-state index in [1.54, 1.807) is 0 Å². The van der Waals surface area contributed by atoms with Crippen molar-refractivity contribution in [3.8, 4) is 0 Å². The van der Waals surface area contributed by atoms with Gasteiger partial charge in [-0.3, -0.25) is 4.79 Å². The highest BCUT2D eigenvalue weighted by atomic mass is 35.5. The van der Waals surface area contributed by atoms with Crippen molar-refractivity contribution in [2.75, 3.05) is 26.2 Å². The second kappa shape index (κ2) is 6.03. The smallest absolute Gasteiger partial charge is 0.228 e. The minimum atomic E-state index is -0.00869. The minimum Gasteiger partial charge on any atom is -0.373 e. The van der Waals surface area contributed by atoms with Gasteiger partial charge in [-0.1, -0.05) is 13.3 Å². The topological polar surface area (TPSA) is 55.6 Å². The van der Waals surface area contributed by atoms with E-state index in [2.05, 4.69) is 6.92 Å². The molecule has 2 aliphatic rings. The van der Waals surface area contributed by atoms with Gasteiger partial charge in [-0.05, 0) is 19.3 Å². The molecule has 1 amide bonds. The molecule has 1 saturated heterocycles. The van der Waals surface area contributed by atoms with E-state index in [4.69, 9.17) is 10.5 Å². The zero-order chi connectivity index (χ0) is 11.6. The van der Waals surface area contributed by atoms with Crippen LogP contribution in [0.1, 0.15) is 32.6 Å². The Balaban J connectivity index is 0.00000144. The van der Waals surface area contributed by atoms with Gasteiger partial charge in [0.05, 0.1) is 12.7 Å². The minimum absolute atomic E-state index is 0. The van der Waals surface area contributed by atoms with E-state index in [9.17, 15) is 4.79 Å². The summed E-state index contributed by atoms with van der Waals surface area (Å²) in [4.78, 5) is 14.3. The van der Waals surface area contributed by atoms with Crippen LogP contribution in [0.5, 0.6) is 0 Å². The largest absolute Gasteiger partial charge is 0.373 e. The summed E-state index contributed by atoms with van der Waals surface area (Å²) in [5, 5.41) is 0. The highest BCUT2D eigenvalue weighted by molar-refractivity contribution is 5.85. The molecule has 1 heterocycles. The Hall–Kier alpha value is -0.320. The van der Waals surface area contributed by atoms with Crippen molar-refractivity contribution < 1.29 is 9.53 Å². The third kappa shape index (κ3) is 3.12. The number of amides is 1. The first-order valence-corrected chi connectivity index (χ1v) is 6.33. The number of ether oxygens (including phenoxy) is 1. The van der Waals surface area contributed by atoms with Gasteiger partial charge in [-0.2, -0.15) is 0 Å². The van der Waals surface area contributed by atoms with Crippen molar-refractivity contribution in [3.63, 3.8) is 0 Å². The number of carbonyl (C=O) groups excluding carboxylic acids is 1. The van der Waals surface area contributed by atoms with E-state index in [1.165, 1.54) is 0 Å². The van der Waals surface area contributed by atoms with Crippen LogP contribution in [0.3, 0.4) is 0 Å². The van der Waals surface area contributed by atoms with Crippen molar-refractivity contribution in [2.45, 2.75) is 38.7 Å². The van der Waals surface area contributed by atoms with Crippen LogP contribution >= 0.6 is 12.4 Å². The fourth-order valence-corrected chi connectivity index (χ4v) is 2.58. The summed E-state index contributed by atoms with van der Waals surface area (Å²) in [5.41, 5.74) is 5.58. The van der Waals surface area contributed by atoms with Crippen LogP contribution in [0.25, 0.3) is 0 Å². The Morgan fingerprint density at radius 2 is 2.24 bits per heavy atom. The van der Waals surface area contributed by atoms with E-state index in [0.29, 0.717) is 25.6 Å². The van der Waals surface area contributed by atoms with Crippen molar-refractivity contribution in [1.29, 1.82) is 0 Å². The van der Waals surface area contributed by atoms with Gasteiger partial charge in [0.25, 0.3) is 0 Å². The summed E-state index contributed by atoms with van der Waals surface area (Å²) < 4.78 is 5.48. The fourth-order valence-electron chi connectivity index (χ4n) is 2.58. The number of halogens is 1. The SMILES string of the molecule is CCCC1(C(=O)N2CCOC(CN)C2)CC1.Cl. The molecule has 2 N–H and O–H groups in total. The first kappa shape index (κ1) is 14.7.